The summed E-state index contributed by atoms with van der Waals surface area (Å²) in [6.45, 7) is -0.431. The van der Waals surface area contributed by atoms with Crippen molar-refractivity contribution in [2.75, 3.05) is 13.2 Å². The van der Waals surface area contributed by atoms with Crippen LogP contribution in [0, 0.1) is 5.82 Å². The highest BCUT2D eigenvalue weighted by Gasteiger charge is 2.10. The first-order chi connectivity index (χ1) is 7.19. The SMILES string of the molecule is NCc1cccc(F)c1OCC(O)CO. The van der Waals surface area contributed by atoms with Crippen LogP contribution in [-0.2, 0) is 6.54 Å². The van der Waals surface area contributed by atoms with E-state index in [0.29, 0.717) is 5.56 Å². The fourth-order valence-electron chi connectivity index (χ4n) is 1.11. The fraction of sp³-hybridized carbons (Fsp3) is 0.400. The molecule has 0 heterocycles. The van der Waals surface area contributed by atoms with Crippen molar-refractivity contribution in [3.8, 4) is 5.75 Å². The molecular formula is C10H14FNO3. The molecule has 0 spiro atoms. The van der Waals surface area contributed by atoms with Crippen LogP contribution in [0.3, 0.4) is 0 Å². The Labute approximate surface area is 87.1 Å². The van der Waals surface area contributed by atoms with Gasteiger partial charge in [-0.15, -0.1) is 0 Å². The molecule has 0 saturated heterocycles. The maximum absolute atomic E-state index is 13.3. The van der Waals surface area contributed by atoms with Gasteiger partial charge in [0.25, 0.3) is 0 Å². The predicted octanol–water partition coefficient (Wildman–Crippen LogP) is 0.0164. The zero-order valence-corrected chi connectivity index (χ0v) is 8.19. The smallest absolute Gasteiger partial charge is 0.165 e. The second-order valence-corrected chi connectivity index (χ2v) is 3.08. The van der Waals surface area contributed by atoms with Gasteiger partial charge < -0.3 is 20.7 Å². The number of para-hydroxylation sites is 1. The van der Waals surface area contributed by atoms with E-state index in [4.69, 9.17) is 20.7 Å². The summed E-state index contributed by atoms with van der Waals surface area (Å²) in [4.78, 5) is 0. The first kappa shape index (κ1) is 11.9. The number of aliphatic hydroxyl groups excluding tert-OH is 2. The summed E-state index contributed by atoms with van der Waals surface area (Å²) in [6, 6.07) is 4.43. The van der Waals surface area contributed by atoms with Crippen LogP contribution in [0.1, 0.15) is 5.56 Å². The lowest BCUT2D eigenvalue weighted by molar-refractivity contribution is 0.0520. The highest BCUT2D eigenvalue weighted by Crippen LogP contribution is 2.22. The zero-order chi connectivity index (χ0) is 11.3. The van der Waals surface area contributed by atoms with Gasteiger partial charge in [-0.3, -0.25) is 0 Å². The molecule has 84 valence electrons. The third-order valence-corrected chi connectivity index (χ3v) is 1.90. The van der Waals surface area contributed by atoms with Crippen LogP contribution in [-0.4, -0.2) is 29.5 Å². The van der Waals surface area contributed by atoms with Crippen LogP contribution in [0.15, 0.2) is 18.2 Å². The largest absolute Gasteiger partial charge is 0.487 e. The number of hydrogen-bond acceptors (Lipinski definition) is 4. The molecule has 15 heavy (non-hydrogen) atoms. The Morgan fingerprint density at radius 2 is 2.20 bits per heavy atom. The molecule has 0 radical (unpaired) electrons. The minimum atomic E-state index is -1.02. The van der Waals surface area contributed by atoms with Gasteiger partial charge in [-0.05, 0) is 6.07 Å². The predicted molar refractivity (Wildman–Crippen MR) is 52.9 cm³/mol. The van der Waals surface area contributed by atoms with Crippen LogP contribution < -0.4 is 10.5 Å². The molecule has 4 N–H and O–H groups in total. The molecule has 1 aromatic rings. The van der Waals surface area contributed by atoms with Gasteiger partial charge in [0.1, 0.15) is 12.7 Å². The van der Waals surface area contributed by atoms with E-state index in [1.165, 1.54) is 12.1 Å². The Balaban J connectivity index is 2.74. The molecule has 0 saturated carbocycles. The summed E-state index contributed by atoms with van der Waals surface area (Å²) in [7, 11) is 0. The molecule has 5 heteroatoms. The Hall–Kier alpha value is -1.17. The van der Waals surface area contributed by atoms with E-state index in [0.717, 1.165) is 0 Å². The van der Waals surface area contributed by atoms with E-state index in [1.807, 2.05) is 0 Å². The average molecular weight is 215 g/mol. The van der Waals surface area contributed by atoms with E-state index in [9.17, 15) is 4.39 Å². The molecule has 0 fully saturated rings. The van der Waals surface area contributed by atoms with Crippen molar-refractivity contribution in [2.24, 2.45) is 5.73 Å². The van der Waals surface area contributed by atoms with Gasteiger partial charge in [0.2, 0.25) is 0 Å². The van der Waals surface area contributed by atoms with Crippen molar-refractivity contribution in [1.82, 2.24) is 0 Å². The van der Waals surface area contributed by atoms with Gasteiger partial charge >= 0.3 is 0 Å². The van der Waals surface area contributed by atoms with E-state index in [2.05, 4.69) is 0 Å². The maximum atomic E-state index is 13.3. The Morgan fingerprint density at radius 1 is 1.47 bits per heavy atom. The summed E-state index contributed by atoms with van der Waals surface area (Å²) < 4.78 is 18.3. The fourth-order valence-corrected chi connectivity index (χ4v) is 1.11. The molecule has 1 rings (SSSR count). The monoisotopic (exact) mass is 215 g/mol. The second-order valence-electron chi connectivity index (χ2n) is 3.08. The van der Waals surface area contributed by atoms with Crippen LogP contribution in [0.4, 0.5) is 4.39 Å². The number of aliphatic hydroxyl groups is 2. The quantitative estimate of drug-likeness (QED) is 0.647. The van der Waals surface area contributed by atoms with Crippen molar-refractivity contribution >= 4 is 0 Å². The summed E-state index contributed by atoms with van der Waals surface area (Å²) in [5.41, 5.74) is 5.93. The molecule has 0 aliphatic heterocycles. The number of halogens is 1. The van der Waals surface area contributed by atoms with Gasteiger partial charge in [-0.1, -0.05) is 12.1 Å². The molecule has 0 aliphatic carbocycles. The minimum Gasteiger partial charge on any atom is -0.487 e. The number of benzene rings is 1. The zero-order valence-electron chi connectivity index (χ0n) is 8.19. The molecule has 4 nitrogen and oxygen atoms in total. The Morgan fingerprint density at radius 3 is 2.80 bits per heavy atom. The Kier molecular flexibility index (Phi) is 4.48. The Bertz CT molecular complexity index is 320. The molecule has 1 aromatic carbocycles. The molecule has 0 aromatic heterocycles. The molecule has 1 unspecified atom stereocenters. The minimum absolute atomic E-state index is 0.0347. The number of hydrogen-bond donors (Lipinski definition) is 3. The van der Waals surface area contributed by atoms with Crippen molar-refractivity contribution in [1.29, 1.82) is 0 Å². The number of nitrogens with two attached hydrogens (primary N) is 1. The molecule has 0 amide bonds. The lowest BCUT2D eigenvalue weighted by atomic mass is 10.2. The van der Waals surface area contributed by atoms with Gasteiger partial charge in [-0.2, -0.15) is 0 Å². The second kappa shape index (κ2) is 5.65. The lowest BCUT2D eigenvalue weighted by Gasteiger charge is -2.13. The van der Waals surface area contributed by atoms with Gasteiger partial charge in [0.15, 0.2) is 11.6 Å². The average Bonchev–Trinajstić information content (AvgIpc) is 2.26. The van der Waals surface area contributed by atoms with Crippen molar-refractivity contribution in [3.63, 3.8) is 0 Å². The number of ether oxygens (including phenoxy) is 1. The summed E-state index contributed by atoms with van der Waals surface area (Å²) >= 11 is 0. The summed E-state index contributed by atoms with van der Waals surface area (Å²) in [6.07, 6.45) is -1.02. The topological polar surface area (TPSA) is 75.7 Å². The van der Waals surface area contributed by atoms with Gasteiger partial charge in [0.05, 0.1) is 6.61 Å². The molecule has 1 atom stereocenters. The lowest BCUT2D eigenvalue weighted by Crippen LogP contribution is -2.22. The van der Waals surface area contributed by atoms with Crippen LogP contribution in [0.2, 0.25) is 0 Å². The first-order valence-electron chi connectivity index (χ1n) is 4.58. The van der Waals surface area contributed by atoms with E-state index in [1.54, 1.807) is 6.07 Å². The van der Waals surface area contributed by atoms with E-state index >= 15 is 0 Å². The van der Waals surface area contributed by atoms with Crippen LogP contribution in [0.5, 0.6) is 5.75 Å². The standard InChI is InChI=1S/C10H14FNO3/c11-9-3-1-2-7(4-12)10(9)15-6-8(14)5-13/h1-3,8,13-14H,4-6,12H2. The molecule has 0 aliphatic rings. The van der Waals surface area contributed by atoms with Crippen molar-refractivity contribution in [3.05, 3.63) is 29.6 Å². The highest BCUT2D eigenvalue weighted by atomic mass is 19.1. The van der Waals surface area contributed by atoms with Crippen LogP contribution >= 0.6 is 0 Å². The maximum Gasteiger partial charge on any atom is 0.165 e. The summed E-state index contributed by atoms with van der Waals surface area (Å²) in [5, 5.41) is 17.6. The van der Waals surface area contributed by atoms with Crippen molar-refractivity contribution in [2.45, 2.75) is 12.6 Å². The van der Waals surface area contributed by atoms with Crippen LogP contribution in [0.25, 0.3) is 0 Å². The van der Waals surface area contributed by atoms with E-state index < -0.39 is 18.5 Å². The van der Waals surface area contributed by atoms with Crippen molar-refractivity contribution < 1.29 is 19.3 Å². The third-order valence-electron chi connectivity index (χ3n) is 1.90. The molecule has 0 bridgehead atoms. The highest BCUT2D eigenvalue weighted by molar-refractivity contribution is 5.34. The van der Waals surface area contributed by atoms with E-state index in [-0.39, 0.29) is 18.9 Å². The first-order valence-corrected chi connectivity index (χ1v) is 4.58. The van der Waals surface area contributed by atoms with Gasteiger partial charge in [0, 0.05) is 12.1 Å². The summed E-state index contributed by atoms with van der Waals surface area (Å²) in [5.74, 6) is -0.490. The van der Waals surface area contributed by atoms with Gasteiger partial charge in [-0.25, -0.2) is 4.39 Å². The number of rotatable bonds is 5. The normalized spacial score (nSPS) is 12.5. The molecular weight excluding hydrogens is 201 g/mol. The third kappa shape index (κ3) is 3.16.